The molecule has 0 aliphatic carbocycles. The Morgan fingerprint density at radius 2 is 2.16 bits per heavy atom. The van der Waals surface area contributed by atoms with Crippen LogP contribution in [0.1, 0.15) is 32.1 Å². The zero-order valence-electron chi connectivity index (χ0n) is 11.0. The summed E-state index contributed by atoms with van der Waals surface area (Å²) in [5.74, 6) is 0.850. The molecule has 1 aliphatic heterocycles. The molecule has 1 rings (SSSR count). The molecular weight excluding hydrogens is 290 g/mol. The van der Waals surface area contributed by atoms with Crippen LogP contribution in [0.25, 0.3) is 0 Å². The molecule has 1 saturated heterocycles. The number of piperidine rings is 1. The van der Waals surface area contributed by atoms with Gasteiger partial charge in [-0.1, -0.05) is 0 Å². The molecule has 1 unspecified atom stereocenters. The molecule has 1 heterocycles. The summed E-state index contributed by atoms with van der Waals surface area (Å²) in [6, 6.07) is 0. The smallest absolute Gasteiger partial charge is 0.274 e. The summed E-state index contributed by atoms with van der Waals surface area (Å²) >= 11 is 5.58. The number of rotatable bonds is 7. The van der Waals surface area contributed by atoms with Gasteiger partial charge in [0.05, 0.1) is 0 Å². The van der Waals surface area contributed by atoms with Crippen molar-refractivity contribution >= 4 is 27.7 Å². The summed E-state index contributed by atoms with van der Waals surface area (Å²) in [5, 5.41) is 4.90. The van der Waals surface area contributed by atoms with Crippen molar-refractivity contribution in [2.24, 2.45) is 11.1 Å². The van der Waals surface area contributed by atoms with Gasteiger partial charge in [-0.25, -0.2) is 9.86 Å². The lowest BCUT2D eigenvalue weighted by Gasteiger charge is -2.32. The highest BCUT2D eigenvalue weighted by Crippen LogP contribution is 2.17. The van der Waals surface area contributed by atoms with E-state index >= 15 is 0 Å². The number of alkyl halides is 1. The van der Waals surface area contributed by atoms with E-state index in [9.17, 15) is 13.2 Å². The van der Waals surface area contributed by atoms with Crippen molar-refractivity contribution in [3.8, 4) is 0 Å². The fraction of sp³-hybridized carbons (Fsp3) is 0.909. The summed E-state index contributed by atoms with van der Waals surface area (Å²) < 4.78 is 24.0. The SMILES string of the molecule is NS(=O)(=O)NCC1CCCN(C(=O)CCCCCl)C1. The van der Waals surface area contributed by atoms with Crippen LogP contribution in [-0.2, 0) is 15.0 Å². The average molecular weight is 312 g/mol. The summed E-state index contributed by atoms with van der Waals surface area (Å²) in [7, 11) is -3.65. The van der Waals surface area contributed by atoms with Gasteiger partial charge in [0, 0.05) is 31.9 Å². The number of nitrogens with zero attached hydrogens (tertiary/aromatic N) is 1. The van der Waals surface area contributed by atoms with Crippen LogP contribution in [0.15, 0.2) is 0 Å². The molecule has 0 aromatic carbocycles. The van der Waals surface area contributed by atoms with E-state index in [0.29, 0.717) is 25.4 Å². The van der Waals surface area contributed by atoms with Crippen LogP contribution < -0.4 is 9.86 Å². The summed E-state index contributed by atoms with van der Waals surface area (Å²) in [4.78, 5) is 13.8. The number of halogens is 1. The molecule has 112 valence electrons. The topological polar surface area (TPSA) is 92.5 Å². The third kappa shape index (κ3) is 7.10. The van der Waals surface area contributed by atoms with Gasteiger partial charge in [0.15, 0.2) is 0 Å². The van der Waals surface area contributed by atoms with Gasteiger partial charge in [0.1, 0.15) is 0 Å². The Labute approximate surface area is 119 Å². The van der Waals surface area contributed by atoms with Crippen LogP contribution in [-0.4, -0.2) is 44.7 Å². The van der Waals surface area contributed by atoms with E-state index in [1.165, 1.54) is 0 Å². The Kier molecular flexibility index (Phi) is 7.06. The number of nitrogens with two attached hydrogens (primary N) is 1. The Morgan fingerprint density at radius 1 is 1.42 bits per heavy atom. The van der Waals surface area contributed by atoms with Gasteiger partial charge < -0.3 is 4.90 Å². The van der Waals surface area contributed by atoms with Crippen LogP contribution >= 0.6 is 11.6 Å². The zero-order chi connectivity index (χ0) is 14.3. The first-order valence-corrected chi connectivity index (χ1v) is 8.61. The van der Waals surface area contributed by atoms with Crippen molar-refractivity contribution in [3.05, 3.63) is 0 Å². The first kappa shape index (κ1) is 16.7. The number of amides is 1. The fourth-order valence-corrected chi connectivity index (χ4v) is 2.88. The van der Waals surface area contributed by atoms with Crippen molar-refractivity contribution in [2.45, 2.75) is 32.1 Å². The van der Waals surface area contributed by atoms with E-state index in [0.717, 1.165) is 32.2 Å². The zero-order valence-corrected chi connectivity index (χ0v) is 12.5. The van der Waals surface area contributed by atoms with Gasteiger partial charge in [-0.15, -0.1) is 11.6 Å². The van der Waals surface area contributed by atoms with Gasteiger partial charge >= 0.3 is 0 Å². The number of likely N-dealkylation sites (tertiary alicyclic amines) is 1. The largest absolute Gasteiger partial charge is 0.342 e. The molecule has 0 radical (unpaired) electrons. The minimum absolute atomic E-state index is 0.130. The minimum atomic E-state index is -3.65. The maximum Gasteiger partial charge on any atom is 0.274 e. The lowest BCUT2D eigenvalue weighted by molar-refractivity contribution is -0.133. The molecule has 0 aromatic rings. The third-order valence-corrected chi connectivity index (χ3v) is 4.06. The Bertz CT molecular complexity index is 389. The first-order chi connectivity index (χ1) is 8.92. The second kappa shape index (κ2) is 8.04. The Morgan fingerprint density at radius 3 is 2.79 bits per heavy atom. The number of unbranched alkanes of at least 4 members (excludes halogenated alkanes) is 1. The quantitative estimate of drug-likeness (QED) is 0.527. The Hall–Kier alpha value is -0.370. The van der Waals surface area contributed by atoms with Crippen LogP contribution in [0.4, 0.5) is 0 Å². The van der Waals surface area contributed by atoms with E-state index in [-0.39, 0.29) is 11.8 Å². The molecule has 0 aromatic heterocycles. The molecule has 8 heteroatoms. The monoisotopic (exact) mass is 311 g/mol. The van der Waals surface area contributed by atoms with Gasteiger partial charge in [-0.3, -0.25) is 4.79 Å². The van der Waals surface area contributed by atoms with Gasteiger partial charge in [0.25, 0.3) is 10.2 Å². The predicted octanol–water partition coefficient (Wildman–Crippen LogP) is 0.427. The number of hydrogen-bond donors (Lipinski definition) is 2. The fourth-order valence-electron chi connectivity index (χ4n) is 2.22. The second-order valence-electron chi connectivity index (χ2n) is 4.89. The summed E-state index contributed by atoms with van der Waals surface area (Å²) in [5.41, 5.74) is 0. The highest BCUT2D eigenvalue weighted by atomic mass is 35.5. The molecule has 1 atom stereocenters. The van der Waals surface area contributed by atoms with E-state index in [2.05, 4.69) is 4.72 Å². The molecule has 1 aliphatic rings. The molecular formula is C11H22ClN3O3S. The minimum Gasteiger partial charge on any atom is -0.342 e. The third-order valence-electron chi connectivity index (χ3n) is 3.22. The molecule has 0 spiro atoms. The normalized spacial score (nSPS) is 20.5. The van der Waals surface area contributed by atoms with E-state index in [1.807, 2.05) is 4.90 Å². The maximum atomic E-state index is 11.9. The predicted molar refractivity (Wildman–Crippen MR) is 75.0 cm³/mol. The van der Waals surface area contributed by atoms with Crippen molar-refractivity contribution in [3.63, 3.8) is 0 Å². The number of carbonyl (C=O) groups is 1. The highest BCUT2D eigenvalue weighted by molar-refractivity contribution is 7.87. The first-order valence-electron chi connectivity index (χ1n) is 6.53. The molecule has 19 heavy (non-hydrogen) atoms. The summed E-state index contributed by atoms with van der Waals surface area (Å²) in [6.45, 7) is 1.65. The molecule has 1 amide bonds. The van der Waals surface area contributed by atoms with Crippen LogP contribution in [0.5, 0.6) is 0 Å². The lowest BCUT2D eigenvalue weighted by atomic mass is 9.98. The maximum absolute atomic E-state index is 11.9. The molecule has 3 N–H and O–H groups in total. The number of hydrogen-bond acceptors (Lipinski definition) is 3. The van der Waals surface area contributed by atoms with E-state index in [1.54, 1.807) is 0 Å². The Balaban J connectivity index is 2.34. The van der Waals surface area contributed by atoms with Gasteiger partial charge in [-0.2, -0.15) is 8.42 Å². The van der Waals surface area contributed by atoms with Crippen LogP contribution in [0, 0.1) is 5.92 Å². The van der Waals surface area contributed by atoms with Gasteiger partial charge in [-0.05, 0) is 31.6 Å². The van der Waals surface area contributed by atoms with Crippen molar-refractivity contribution in [1.82, 2.24) is 9.62 Å². The number of carbonyl (C=O) groups excluding carboxylic acids is 1. The van der Waals surface area contributed by atoms with Crippen molar-refractivity contribution in [1.29, 1.82) is 0 Å². The molecule has 6 nitrogen and oxygen atoms in total. The average Bonchev–Trinajstić information content (AvgIpc) is 2.36. The highest BCUT2D eigenvalue weighted by Gasteiger charge is 2.23. The molecule has 1 fully saturated rings. The lowest BCUT2D eigenvalue weighted by Crippen LogP contribution is -2.44. The summed E-state index contributed by atoms with van der Waals surface area (Å²) in [6.07, 6.45) is 3.98. The molecule has 0 saturated carbocycles. The van der Waals surface area contributed by atoms with E-state index in [4.69, 9.17) is 16.7 Å². The van der Waals surface area contributed by atoms with Crippen molar-refractivity contribution in [2.75, 3.05) is 25.5 Å². The van der Waals surface area contributed by atoms with Crippen LogP contribution in [0.2, 0.25) is 0 Å². The second-order valence-corrected chi connectivity index (χ2v) is 6.64. The van der Waals surface area contributed by atoms with E-state index < -0.39 is 10.2 Å². The van der Waals surface area contributed by atoms with Crippen molar-refractivity contribution < 1.29 is 13.2 Å². The van der Waals surface area contributed by atoms with Crippen LogP contribution in [0.3, 0.4) is 0 Å². The number of nitrogens with one attached hydrogen (secondary N) is 1. The molecule has 0 bridgehead atoms. The standard InChI is InChI=1S/C11H22ClN3O3S/c12-6-2-1-5-11(16)15-7-3-4-10(9-15)8-14-19(13,17)18/h10,14H,1-9H2,(H2,13,17,18). The van der Waals surface area contributed by atoms with Gasteiger partial charge in [0.2, 0.25) is 5.91 Å².